The van der Waals surface area contributed by atoms with Gasteiger partial charge in [-0.2, -0.15) is 5.10 Å². The lowest BCUT2D eigenvalue weighted by Gasteiger charge is -2.00. The highest BCUT2D eigenvalue weighted by molar-refractivity contribution is 5.92. The molecule has 98 valence electrons. The van der Waals surface area contributed by atoms with Crippen LogP contribution in [0.25, 0.3) is 5.69 Å². The highest BCUT2D eigenvalue weighted by atomic mass is 16.6. The highest BCUT2D eigenvalue weighted by Crippen LogP contribution is 2.15. The summed E-state index contributed by atoms with van der Waals surface area (Å²) < 4.78 is 1.44. The molecule has 0 aliphatic heterocycles. The fourth-order valence-electron chi connectivity index (χ4n) is 1.46. The van der Waals surface area contributed by atoms with Crippen LogP contribution in [0.5, 0.6) is 0 Å². The molecule has 1 amide bonds. The van der Waals surface area contributed by atoms with Crippen molar-refractivity contribution < 1.29 is 14.6 Å². The van der Waals surface area contributed by atoms with Crippen LogP contribution in [0, 0.1) is 10.1 Å². The van der Waals surface area contributed by atoms with Gasteiger partial charge in [-0.3, -0.25) is 19.7 Å². The molecule has 0 atom stereocenters. The fourth-order valence-corrected chi connectivity index (χ4v) is 1.46. The fraction of sp³-hybridized carbons (Fsp3) is 0.0909. The van der Waals surface area contributed by atoms with Gasteiger partial charge >= 0.3 is 0 Å². The molecule has 2 aromatic rings. The van der Waals surface area contributed by atoms with Crippen LogP contribution < -0.4 is 5.48 Å². The molecule has 0 aliphatic rings. The summed E-state index contributed by atoms with van der Waals surface area (Å²) in [6, 6.07) is 5.82. The Morgan fingerprint density at radius 1 is 1.42 bits per heavy atom. The van der Waals surface area contributed by atoms with Crippen molar-refractivity contribution in [1.82, 2.24) is 15.3 Å². The Morgan fingerprint density at radius 2 is 2.11 bits per heavy atom. The van der Waals surface area contributed by atoms with Gasteiger partial charge in [0.05, 0.1) is 29.5 Å². The predicted molar refractivity (Wildman–Crippen MR) is 64.7 cm³/mol. The maximum atomic E-state index is 11.5. The van der Waals surface area contributed by atoms with E-state index in [0.29, 0.717) is 11.3 Å². The third kappa shape index (κ3) is 2.75. The molecule has 19 heavy (non-hydrogen) atoms. The Bertz CT molecular complexity index is 605. The Kier molecular flexibility index (Phi) is 3.53. The van der Waals surface area contributed by atoms with Gasteiger partial charge in [-0.15, -0.1) is 0 Å². The number of carbonyl (C=O) groups is 1. The first-order valence-electron chi connectivity index (χ1n) is 5.24. The number of carbonyl (C=O) groups excluding carboxylic acids is 1. The molecule has 8 heteroatoms. The molecule has 0 radical (unpaired) electrons. The van der Waals surface area contributed by atoms with Crippen molar-refractivity contribution in [3.8, 4) is 5.69 Å². The van der Waals surface area contributed by atoms with E-state index in [2.05, 4.69) is 15.4 Å². The molecule has 1 heterocycles. The molecule has 0 fully saturated rings. The van der Waals surface area contributed by atoms with Crippen molar-refractivity contribution >= 4 is 11.6 Å². The standard InChI is InChI=1S/C11H10N4O4/c1-19-13-11(16)8-6-12-14(7-8)9-2-4-10(5-3-9)15(17)18/h2-7H,1H3,(H,13,16). The number of nitro groups is 1. The van der Waals surface area contributed by atoms with E-state index in [9.17, 15) is 14.9 Å². The van der Waals surface area contributed by atoms with Gasteiger partial charge in [-0.25, -0.2) is 10.2 Å². The van der Waals surface area contributed by atoms with Crippen molar-refractivity contribution in [3.05, 3.63) is 52.3 Å². The van der Waals surface area contributed by atoms with Gasteiger partial charge < -0.3 is 0 Å². The molecule has 0 aliphatic carbocycles. The maximum Gasteiger partial charge on any atom is 0.278 e. The first kappa shape index (κ1) is 12.7. The van der Waals surface area contributed by atoms with Crippen LogP contribution in [0.15, 0.2) is 36.7 Å². The van der Waals surface area contributed by atoms with Crippen LogP contribution in [-0.2, 0) is 4.84 Å². The maximum absolute atomic E-state index is 11.5. The van der Waals surface area contributed by atoms with Gasteiger partial charge in [0.2, 0.25) is 0 Å². The molecule has 0 saturated carbocycles. The lowest BCUT2D eigenvalue weighted by molar-refractivity contribution is -0.384. The zero-order valence-corrected chi connectivity index (χ0v) is 9.94. The van der Waals surface area contributed by atoms with E-state index < -0.39 is 10.8 Å². The molecule has 2 rings (SSSR count). The van der Waals surface area contributed by atoms with Gasteiger partial charge in [0, 0.05) is 18.3 Å². The SMILES string of the molecule is CONC(=O)c1cnn(-c2ccc([N+](=O)[O-])cc2)c1. The Hall–Kier alpha value is -2.74. The van der Waals surface area contributed by atoms with Crippen molar-refractivity contribution in [1.29, 1.82) is 0 Å². The third-order valence-electron chi connectivity index (χ3n) is 2.36. The summed E-state index contributed by atoms with van der Waals surface area (Å²) in [5, 5.41) is 14.5. The number of non-ortho nitro benzene ring substituents is 1. The third-order valence-corrected chi connectivity index (χ3v) is 2.36. The normalized spacial score (nSPS) is 10.2. The zero-order chi connectivity index (χ0) is 13.8. The van der Waals surface area contributed by atoms with Crippen LogP contribution >= 0.6 is 0 Å². The second-order valence-electron chi connectivity index (χ2n) is 3.58. The molecule has 0 unspecified atom stereocenters. The summed E-state index contributed by atoms with van der Waals surface area (Å²) in [7, 11) is 1.33. The second-order valence-corrected chi connectivity index (χ2v) is 3.58. The molecular weight excluding hydrogens is 252 g/mol. The van der Waals surface area contributed by atoms with E-state index in [0.717, 1.165) is 0 Å². The molecule has 1 N–H and O–H groups in total. The van der Waals surface area contributed by atoms with Crippen LogP contribution in [-0.4, -0.2) is 27.7 Å². The van der Waals surface area contributed by atoms with E-state index >= 15 is 0 Å². The van der Waals surface area contributed by atoms with Gasteiger partial charge in [-0.05, 0) is 12.1 Å². The predicted octanol–water partition coefficient (Wildman–Crippen LogP) is 1.07. The summed E-state index contributed by atoms with van der Waals surface area (Å²) in [6.07, 6.45) is 2.87. The largest absolute Gasteiger partial charge is 0.278 e. The van der Waals surface area contributed by atoms with Crippen LogP contribution in [0.2, 0.25) is 0 Å². The molecule has 8 nitrogen and oxygen atoms in total. The van der Waals surface area contributed by atoms with E-state index in [1.54, 1.807) is 12.1 Å². The van der Waals surface area contributed by atoms with Crippen molar-refractivity contribution in [2.45, 2.75) is 0 Å². The number of benzene rings is 1. The summed E-state index contributed by atoms with van der Waals surface area (Å²) in [5.74, 6) is -0.421. The molecule has 0 spiro atoms. The van der Waals surface area contributed by atoms with Crippen LogP contribution in [0.3, 0.4) is 0 Å². The molecule has 1 aromatic carbocycles. The summed E-state index contributed by atoms with van der Waals surface area (Å²) in [5.41, 5.74) is 3.10. The molecule has 0 saturated heterocycles. The second kappa shape index (κ2) is 5.27. The van der Waals surface area contributed by atoms with E-state index in [-0.39, 0.29) is 5.69 Å². The van der Waals surface area contributed by atoms with Crippen molar-refractivity contribution in [3.63, 3.8) is 0 Å². The average molecular weight is 262 g/mol. The Morgan fingerprint density at radius 3 is 2.68 bits per heavy atom. The highest BCUT2D eigenvalue weighted by Gasteiger charge is 2.10. The molecular formula is C11H10N4O4. The molecule has 0 bridgehead atoms. The van der Waals surface area contributed by atoms with Crippen LogP contribution in [0.4, 0.5) is 5.69 Å². The number of aromatic nitrogens is 2. The topological polar surface area (TPSA) is 99.3 Å². The van der Waals surface area contributed by atoms with Gasteiger partial charge in [0.25, 0.3) is 11.6 Å². The minimum atomic E-state index is -0.482. The summed E-state index contributed by atoms with van der Waals surface area (Å²) in [6.45, 7) is 0. The number of rotatable bonds is 4. The Balaban J connectivity index is 2.23. The van der Waals surface area contributed by atoms with Crippen LogP contribution in [0.1, 0.15) is 10.4 Å². The van der Waals surface area contributed by atoms with E-state index in [4.69, 9.17) is 0 Å². The minimum absolute atomic E-state index is 0.00624. The Labute approximate surface area is 107 Å². The lowest BCUT2D eigenvalue weighted by Crippen LogP contribution is -2.21. The van der Waals surface area contributed by atoms with Crippen molar-refractivity contribution in [2.24, 2.45) is 0 Å². The van der Waals surface area contributed by atoms with E-state index in [1.165, 1.54) is 36.3 Å². The number of amides is 1. The molecule has 1 aromatic heterocycles. The first-order chi connectivity index (χ1) is 9.11. The minimum Gasteiger partial charge on any atom is -0.277 e. The van der Waals surface area contributed by atoms with E-state index in [1.807, 2.05) is 0 Å². The quantitative estimate of drug-likeness (QED) is 0.656. The number of hydrogen-bond acceptors (Lipinski definition) is 5. The number of nitro benzene ring substituents is 1. The summed E-state index contributed by atoms with van der Waals surface area (Å²) >= 11 is 0. The number of nitrogens with one attached hydrogen (secondary N) is 1. The average Bonchev–Trinajstić information content (AvgIpc) is 2.89. The first-order valence-corrected chi connectivity index (χ1v) is 5.24. The summed E-state index contributed by atoms with van der Waals surface area (Å²) in [4.78, 5) is 26.0. The van der Waals surface area contributed by atoms with Gasteiger partial charge in [-0.1, -0.05) is 0 Å². The van der Waals surface area contributed by atoms with Gasteiger partial charge in [0.15, 0.2) is 0 Å². The number of nitrogens with zero attached hydrogens (tertiary/aromatic N) is 3. The number of hydrogen-bond donors (Lipinski definition) is 1. The lowest BCUT2D eigenvalue weighted by atomic mass is 10.3. The number of hydroxylamine groups is 1. The zero-order valence-electron chi connectivity index (χ0n) is 9.94. The monoisotopic (exact) mass is 262 g/mol. The van der Waals surface area contributed by atoms with Crippen molar-refractivity contribution in [2.75, 3.05) is 7.11 Å². The smallest absolute Gasteiger partial charge is 0.277 e. The van der Waals surface area contributed by atoms with Gasteiger partial charge in [0.1, 0.15) is 0 Å².